The molecule has 2 aromatic heterocycles. The first-order valence-corrected chi connectivity index (χ1v) is 22.0. The average Bonchev–Trinajstić information content (AvgIpc) is 3.21. The molecule has 0 spiro atoms. The Morgan fingerprint density at radius 1 is 0.635 bits per heavy atom. The number of carbonyl (C=O) groups is 2. The number of aliphatic hydroxyl groups excluding tert-OH is 4. The molecule has 0 aliphatic heterocycles. The molecule has 0 saturated carbocycles. The van der Waals surface area contributed by atoms with Gasteiger partial charge < -0.3 is 40.2 Å². The number of nitrogens with zero attached hydrogens (tertiary/aromatic N) is 6. The fraction of sp³-hybridized carbons (Fsp3) is 0.409. The third kappa shape index (κ3) is 17.6. The number of aromatic nitrogens is 4. The molecule has 4 rings (SSSR count). The van der Waals surface area contributed by atoms with Crippen molar-refractivity contribution in [3.05, 3.63) is 94.8 Å². The first-order chi connectivity index (χ1) is 29.2. The SMILES string of the molecule is CSN(C)c1nc(-c2ccc(F)cc2)c(/C=C/[C@@H](O)C[C@@H](O)CC(=O)[O-])c(C(C)C)n1.CSN(C)c1nc(-c2ccc(F)cc2)c(/C=C/[C@@H](O)C[C@@H](O)CC(=O)[O-])c(C(C)C)n1.[Ca+2]. The number of aliphatic hydroxyl groups is 4. The number of carboxylic acids is 2. The minimum Gasteiger partial charge on any atom is -0.550 e. The molecule has 19 heteroatoms. The summed E-state index contributed by atoms with van der Waals surface area (Å²) in [7, 11) is 3.69. The Hall–Kier alpha value is -3.72. The summed E-state index contributed by atoms with van der Waals surface area (Å²) in [5, 5.41) is 61.2. The molecule has 4 atom stereocenters. The van der Waals surface area contributed by atoms with Gasteiger partial charge in [-0.25, -0.2) is 28.7 Å². The second kappa shape index (κ2) is 26.9. The average molecular weight is 937 g/mol. The van der Waals surface area contributed by atoms with Gasteiger partial charge in [0, 0.05) is 86.5 Å². The third-order valence-electron chi connectivity index (χ3n) is 9.17. The molecule has 0 aliphatic rings. The zero-order valence-electron chi connectivity index (χ0n) is 36.6. The van der Waals surface area contributed by atoms with Gasteiger partial charge in [0.25, 0.3) is 0 Å². The molecule has 4 N–H and O–H groups in total. The van der Waals surface area contributed by atoms with E-state index in [4.69, 9.17) is 0 Å². The van der Waals surface area contributed by atoms with E-state index in [2.05, 4.69) is 19.9 Å². The topological polar surface area (TPSA) is 219 Å². The predicted molar refractivity (Wildman–Crippen MR) is 243 cm³/mol. The summed E-state index contributed by atoms with van der Waals surface area (Å²) >= 11 is 2.90. The third-order valence-corrected chi connectivity index (χ3v) is 10.6. The molecule has 2 aromatic carbocycles. The maximum absolute atomic E-state index is 13.5. The van der Waals surface area contributed by atoms with Crippen LogP contribution in [0.3, 0.4) is 0 Å². The molecule has 0 bridgehead atoms. The van der Waals surface area contributed by atoms with Gasteiger partial charge in [-0.15, -0.1) is 0 Å². The molecule has 14 nitrogen and oxygen atoms in total. The second-order valence-electron chi connectivity index (χ2n) is 14.8. The van der Waals surface area contributed by atoms with Gasteiger partial charge in [-0.05, 0) is 60.4 Å². The first kappa shape index (κ1) is 55.4. The smallest absolute Gasteiger partial charge is 0.550 e. The van der Waals surface area contributed by atoms with Crippen LogP contribution < -0.4 is 18.8 Å². The predicted octanol–water partition coefficient (Wildman–Crippen LogP) is 4.39. The molecule has 0 unspecified atom stereocenters. The van der Waals surface area contributed by atoms with Gasteiger partial charge in [0.15, 0.2) is 0 Å². The zero-order valence-corrected chi connectivity index (χ0v) is 40.4. The summed E-state index contributed by atoms with van der Waals surface area (Å²) in [6.45, 7) is 7.93. The van der Waals surface area contributed by atoms with E-state index in [0.29, 0.717) is 45.5 Å². The Balaban J connectivity index is 0.000000427. The molecular weight excluding hydrogens is 883 g/mol. The summed E-state index contributed by atoms with van der Waals surface area (Å²) in [6, 6.07) is 11.9. The van der Waals surface area contributed by atoms with Gasteiger partial charge in [-0.1, -0.05) is 75.9 Å². The monoisotopic (exact) mass is 936 g/mol. The van der Waals surface area contributed by atoms with Crippen LogP contribution in [-0.2, 0) is 9.59 Å². The number of carboxylic acid groups (broad SMARTS) is 2. The van der Waals surface area contributed by atoms with Crippen LogP contribution >= 0.6 is 23.9 Å². The molecule has 2 heterocycles. The van der Waals surface area contributed by atoms with Crippen LogP contribution in [0.5, 0.6) is 0 Å². The number of hydrogen-bond acceptors (Lipinski definition) is 16. The van der Waals surface area contributed by atoms with Gasteiger partial charge in [0.05, 0.1) is 47.2 Å². The van der Waals surface area contributed by atoms with Gasteiger partial charge in [-0.2, -0.15) is 0 Å². The summed E-state index contributed by atoms with van der Waals surface area (Å²) < 4.78 is 30.6. The van der Waals surface area contributed by atoms with E-state index in [1.807, 2.05) is 62.9 Å². The van der Waals surface area contributed by atoms with Crippen molar-refractivity contribution in [1.29, 1.82) is 0 Å². The number of anilines is 2. The quantitative estimate of drug-likeness (QED) is 0.0714. The van der Waals surface area contributed by atoms with Crippen LogP contribution in [0.1, 0.15) is 87.7 Å². The standard InChI is InChI=1S/2C22H28FN3O4S.Ca/c2*1-13(2)20-18(10-9-16(27)11-17(28)12-19(29)30)21(14-5-7-15(23)8-6-14)25-22(24-20)26(3)31-4;/h2*5-10,13,16-17,27-28H,11-12H2,1-4H3,(H,29,30);/q;;+2/p-2/b2*10-9+;/t2*16-,17-;/m11./s1. The molecule has 0 radical (unpaired) electrons. The number of benzene rings is 2. The van der Waals surface area contributed by atoms with E-state index in [-0.39, 0.29) is 74.1 Å². The molecule has 0 aliphatic carbocycles. The van der Waals surface area contributed by atoms with E-state index in [1.54, 1.807) is 36.4 Å². The Labute approximate surface area is 405 Å². The van der Waals surface area contributed by atoms with Crippen molar-refractivity contribution in [2.45, 2.75) is 89.6 Å². The number of halogens is 2. The van der Waals surface area contributed by atoms with Crippen molar-refractivity contribution in [3.63, 3.8) is 0 Å². The van der Waals surface area contributed by atoms with Gasteiger partial charge in [0.2, 0.25) is 11.9 Å². The van der Waals surface area contributed by atoms with Crippen molar-refractivity contribution in [1.82, 2.24) is 19.9 Å². The van der Waals surface area contributed by atoms with Crippen molar-refractivity contribution in [3.8, 4) is 22.5 Å². The number of hydrogen-bond donors (Lipinski definition) is 4. The number of rotatable bonds is 20. The largest absolute Gasteiger partial charge is 2.00 e. The van der Waals surface area contributed by atoms with Gasteiger partial charge in [-0.3, -0.25) is 8.61 Å². The Morgan fingerprint density at radius 3 is 1.22 bits per heavy atom. The summed E-state index contributed by atoms with van der Waals surface area (Å²) in [5.41, 5.74) is 5.33. The molecule has 0 amide bonds. The summed E-state index contributed by atoms with van der Waals surface area (Å²) in [5.74, 6) is -2.45. The molecule has 4 aromatic rings. The molecule has 0 saturated heterocycles. The van der Waals surface area contributed by atoms with Crippen LogP contribution in [0.4, 0.5) is 20.7 Å². The van der Waals surface area contributed by atoms with Crippen molar-refractivity contribution in [2.75, 3.05) is 35.2 Å². The number of carbonyl (C=O) groups excluding carboxylic acids is 2. The Kier molecular flexibility index (Phi) is 23.7. The van der Waals surface area contributed by atoms with Crippen LogP contribution in [-0.4, -0.2) is 141 Å². The summed E-state index contributed by atoms with van der Waals surface area (Å²) in [4.78, 5) is 39.9. The fourth-order valence-corrected chi connectivity index (χ4v) is 6.43. The van der Waals surface area contributed by atoms with Crippen molar-refractivity contribution < 1.29 is 49.0 Å². The first-order valence-electron chi connectivity index (χ1n) is 19.6. The number of aliphatic carboxylic acids is 2. The van der Waals surface area contributed by atoms with Gasteiger partial charge >= 0.3 is 37.7 Å². The maximum atomic E-state index is 13.5. The Morgan fingerprint density at radius 2 is 0.952 bits per heavy atom. The minimum atomic E-state index is -1.38. The van der Waals surface area contributed by atoms with Crippen LogP contribution in [0.25, 0.3) is 34.7 Å². The van der Waals surface area contributed by atoms with Crippen LogP contribution in [0.2, 0.25) is 0 Å². The minimum absolute atomic E-state index is 0. The van der Waals surface area contributed by atoms with E-state index in [9.17, 15) is 49.0 Å². The van der Waals surface area contributed by atoms with E-state index >= 15 is 0 Å². The van der Waals surface area contributed by atoms with Crippen LogP contribution in [0, 0.1) is 11.6 Å². The fourth-order valence-electron chi connectivity index (χ4n) is 5.94. The molecule has 0 fully saturated rings. The van der Waals surface area contributed by atoms with E-state index in [0.717, 1.165) is 11.4 Å². The normalized spacial score (nSPS) is 13.3. The van der Waals surface area contributed by atoms with Crippen molar-refractivity contribution >= 4 is 97.6 Å². The van der Waals surface area contributed by atoms with E-state index in [1.165, 1.54) is 60.3 Å². The zero-order chi connectivity index (χ0) is 46.3. The summed E-state index contributed by atoms with van der Waals surface area (Å²) in [6.07, 6.45) is 4.04. The molecular formula is C44H54CaF2N6O8S2. The van der Waals surface area contributed by atoms with Gasteiger partial charge in [0.1, 0.15) is 11.6 Å². The maximum Gasteiger partial charge on any atom is 2.00 e. The molecule has 63 heavy (non-hydrogen) atoms. The molecule has 336 valence electrons. The Bertz CT molecular complexity index is 2000. The van der Waals surface area contributed by atoms with Crippen LogP contribution in [0.15, 0.2) is 60.7 Å². The second-order valence-corrected chi connectivity index (χ2v) is 16.6. The van der Waals surface area contributed by atoms with E-state index < -0.39 is 49.2 Å². The van der Waals surface area contributed by atoms with Crippen molar-refractivity contribution in [2.24, 2.45) is 0 Å².